The maximum atomic E-state index is 10.0. The Morgan fingerprint density at radius 1 is 1.00 bits per heavy atom. The molecule has 0 bridgehead atoms. The number of hydrogen-bond acceptors (Lipinski definition) is 11. The number of rotatable bonds is 7. The lowest BCUT2D eigenvalue weighted by molar-refractivity contribution is 0.407. The van der Waals surface area contributed by atoms with E-state index in [2.05, 4.69) is 31.8 Å². The second kappa shape index (κ2) is 7.73. The molecule has 1 unspecified atom stereocenters. The van der Waals surface area contributed by atoms with Crippen LogP contribution in [-0.4, -0.2) is 41.7 Å². The Hall–Kier alpha value is -2.97. The highest BCUT2D eigenvalue weighted by Gasteiger charge is 2.36. The Bertz CT molecular complexity index is 983. The molecule has 2 heterocycles. The van der Waals surface area contributed by atoms with Crippen molar-refractivity contribution in [3.8, 4) is 22.2 Å². The number of methoxy groups -OCH3 is 3. The van der Waals surface area contributed by atoms with Gasteiger partial charge in [0.1, 0.15) is 16.2 Å². The van der Waals surface area contributed by atoms with Gasteiger partial charge in [-0.15, -0.1) is 10.2 Å². The maximum Gasteiger partial charge on any atom is 0.295 e. The summed E-state index contributed by atoms with van der Waals surface area (Å²) in [6.07, 6.45) is 0. The van der Waals surface area contributed by atoms with Gasteiger partial charge in [-0.2, -0.15) is 5.26 Å². The van der Waals surface area contributed by atoms with Crippen molar-refractivity contribution in [3.63, 3.8) is 0 Å². The van der Waals surface area contributed by atoms with Crippen molar-refractivity contribution in [2.75, 3.05) is 26.6 Å². The molecule has 11 heteroatoms. The van der Waals surface area contributed by atoms with Gasteiger partial charge in [0.05, 0.1) is 27.4 Å². The topological polar surface area (TPSA) is 115 Å². The van der Waals surface area contributed by atoms with Gasteiger partial charge in [0.15, 0.2) is 0 Å². The molecule has 0 aliphatic heterocycles. The minimum absolute atomic E-state index is 0.387. The SMILES string of the molecule is COc1ccc(Nc2nnc(OC)s2)c(C(C)(C#N)c2nnc(OC)s2)c1. The van der Waals surface area contributed by atoms with Crippen molar-refractivity contribution in [2.24, 2.45) is 0 Å². The zero-order valence-corrected chi connectivity index (χ0v) is 16.6. The van der Waals surface area contributed by atoms with Crippen LogP contribution in [0.4, 0.5) is 10.8 Å². The van der Waals surface area contributed by atoms with Gasteiger partial charge in [0.2, 0.25) is 5.13 Å². The predicted octanol–water partition coefficient (Wildman–Crippen LogP) is 2.99. The predicted molar refractivity (Wildman–Crippen MR) is 101 cm³/mol. The molecule has 1 aromatic carbocycles. The number of nitriles is 1. The number of ether oxygens (including phenoxy) is 3. The van der Waals surface area contributed by atoms with E-state index in [0.717, 1.165) is 0 Å². The molecule has 3 aromatic rings. The molecule has 0 saturated carbocycles. The molecule has 0 aliphatic carbocycles. The highest BCUT2D eigenvalue weighted by Crippen LogP contribution is 2.41. The summed E-state index contributed by atoms with van der Waals surface area (Å²) in [5.41, 5.74) is 0.255. The van der Waals surface area contributed by atoms with E-state index in [1.807, 2.05) is 6.07 Å². The Morgan fingerprint density at radius 3 is 2.30 bits per heavy atom. The summed E-state index contributed by atoms with van der Waals surface area (Å²) in [5, 5.41) is 31.1. The van der Waals surface area contributed by atoms with E-state index >= 15 is 0 Å². The van der Waals surface area contributed by atoms with Crippen LogP contribution < -0.4 is 19.5 Å². The lowest BCUT2D eigenvalue weighted by Gasteiger charge is -2.23. The molecular formula is C16H16N6O3S2. The zero-order valence-electron chi connectivity index (χ0n) is 15.0. The number of benzene rings is 1. The molecule has 2 aromatic heterocycles. The summed E-state index contributed by atoms with van der Waals surface area (Å²) in [7, 11) is 4.60. The van der Waals surface area contributed by atoms with Gasteiger partial charge in [0.25, 0.3) is 10.4 Å². The van der Waals surface area contributed by atoms with E-state index in [9.17, 15) is 5.26 Å². The van der Waals surface area contributed by atoms with Crippen molar-refractivity contribution < 1.29 is 14.2 Å². The molecule has 0 radical (unpaired) electrons. The van der Waals surface area contributed by atoms with Crippen molar-refractivity contribution in [2.45, 2.75) is 12.3 Å². The molecule has 0 amide bonds. The highest BCUT2D eigenvalue weighted by molar-refractivity contribution is 7.17. The van der Waals surface area contributed by atoms with Gasteiger partial charge < -0.3 is 19.5 Å². The normalized spacial score (nSPS) is 12.7. The first kappa shape index (κ1) is 18.8. The van der Waals surface area contributed by atoms with Gasteiger partial charge in [-0.1, -0.05) is 21.5 Å². The Balaban J connectivity index is 2.09. The molecule has 3 rings (SSSR count). The summed E-state index contributed by atoms with van der Waals surface area (Å²) < 4.78 is 15.5. The first-order chi connectivity index (χ1) is 13.0. The number of nitrogens with zero attached hydrogens (tertiary/aromatic N) is 5. The maximum absolute atomic E-state index is 10.0. The fourth-order valence-corrected chi connectivity index (χ4v) is 3.69. The molecule has 1 atom stereocenters. The molecule has 0 saturated heterocycles. The fraction of sp³-hybridized carbons (Fsp3) is 0.312. The minimum Gasteiger partial charge on any atom is -0.497 e. The van der Waals surface area contributed by atoms with Crippen molar-refractivity contribution in [3.05, 3.63) is 28.8 Å². The van der Waals surface area contributed by atoms with Crippen LogP contribution in [0.2, 0.25) is 0 Å². The third kappa shape index (κ3) is 3.62. The van der Waals surface area contributed by atoms with Crippen LogP contribution in [0.15, 0.2) is 18.2 Å². The van der Waals surface area contributed by atoms with Gasteiger partial charge in [-0.25, -0.2) is 0 Å². The lowest BCUT2D eigenvalue weighted by atomic mass is 9.83. The molecule has 0 fully saturated rings. The van der Waals surface area contributed by atoms with E-state index in [4.69, 9.17) is 14.2 Å². The number of aromatic nitrogens is 4. The number of nitrogens with one attached hydrogen (secondary N) is 1. The van der Waals surface area contributed by atoms with Crippen molar-refractivity contribution in [1.82, 2.24) is 20.4 Å². The monoisotopic (exact) mass is 404 g/mol. The summed E-state index contributed by atoms with van der Waals surface area (Å²) in [4.78, 5) is 0. The Morgan fingerprint density at radius 2 is 1.70 bits per heavy atom. The molecule has 1 N–H and O–H groups in total. The van der Waals surface area contributed by atoms with E-state index in [1.54, 1.807) is 26.2 Å². The Labute approximate surface area is 163 Å². The number of anilines is 2. The first-order valence-corrected chi connectivity index (χ1v) is 9.29. The van der Waals surface area contributed by atoms with Crippen LogP contribution in [0.25, 0.3) is 0 Å². The van der Waals surface area contributed by atoms with Crippen molar-refractivity contribution >= 4 is 33.5 Å². The Kier molecular flexibility index (Phi) is 5.38. The van der Waals surface area contributed by atoms with Crippen LogP contribution in [0.5, 0.6) is 16.1 Å². The lowest BCUT2D eigenvalue weighted by Crippen LogP contribution is -2.22. The minimum atomic E-state index is -1.08. The van der Waals surface area contributed by atoms with Crippen LogP contribution in [-0.2, 0) is 5.41 Å². The first-order valence-electron chi connectivity index (χ1n) is 7.66. The molecular weight excluding hydrogens is 388 g/mol. The summed E-state index contributed by atoms with van der Waals surface area (Å²) in [6.45, 7) is 1.77. The van der Waals surface area contributed by atoms with Crippen LogP contribution >= 0.6 is 22.7 Å². The molecule has 9 nitrogen and oxygen atoms in total. The quantitative estimate of drug-likeness (QED) is 0.634. The highest BCUT2D eigenvalue weighted by atomic mass is 32.1. The van der Waals surface area contributed by atoms with E-state index in [0.29, 0.717) is 37.5 Å². The van der Waals surface area contributed by atoms with Crippen LogP contribution in [0.3, 0.4) is 0 Å². The third-order valence-electron chi connectivity index (χ3n) is 3.82. The van der Waals surface area contributed by atoms with E-state index in [-0.39, 0.29) is 0 Å². The second-order valence-electron chi connectivity index (χ2n) is 5.43. The van der Waals surface area contributed by atoms with Crippen LogP contribution in [0.1, 0.15) is 17.5 Å². The molecule has 0 aliphatic rings. The second-order valence-corrected chi connectivity index (χ2v) is 7.31. The molecule has 27 heavy (non-hydrogen) atoms. The smallest absolute Gasteiger partial charge is 0.295 e. The van der Waals surface area contributed by atoms with Gasteiger partial charge >= 0.3 is 0 Å². The van der Waals surface area contributed by atoms with Gasteiger partial charge in [-0.05, 0) is 36.5 Å². The van der Waals surface area contributed by atoms with E-state index < -0.39 is 5.41 Å². The third-order valence-corrected chi connectivity index (χ3v) is 5.73. The van der Waals surface area contributed by atoms with Crippen molar-refractivity contribution in [1.29, 1.82) is 5.26 Å². The zero-order chi connectivity index (χ0) is 19.4. The largest absolute Gasteiger partial charge is 0.497 e. The molecule has 0 spiro atoms. The summed E-state index contributed by atoms with van der Waals surface area (Å²) in [5.74, 6) is 0.614. The van der Waals surface area contributed by atoms with E-state index in [1.165, 1.54) is 36.9 Å². The van der Waals surface area contributed by atoms with Gasteiger partial charge in [0, 0.05) is 11.3 Å². The summed E-state index contributed by atoms with van der Waals surface area (Å²) >= 11 is 2.47. The fourth-order valence-electron chi connectivity index (χ4n) is 2.35. The standard InChI is InChI=1S/C16H16N6O3S2/c1-16(8-17,12-19-21-14(24-3)26-12)10-7-9(23-2)5-6-11(10)18-13-20-22-15(25-4)27-13/h5-7H,1-4H3,(H,18,20). The summed E-state index contributed by atoms with van der Waals surface area (Å²) in [6, 6.07) is 7.74. The average molecular weight is 404 g/mol. The van der Waals surface area contributed by atoms with Crippen LogP contribution in [0, 0.1) is 11.3 Å². The number of hydrogen-bond donors (Lipinski definition) is 1. The van der Waals surface area contributed by atoms with Gasteiger partial charge in [-0.3, -0.25) is 0 Å². The molecule has 140 valence electrons. The average Bonchev–Trinajstić information content (AvgIpc) is 3.37.